The number of rotatable bonds is 9. The molecule has 0 aliphatic heterocycles. The van der Waals surface area contributed by atoms with Gasteiger partial charge in [0.05, 0.1) is 18.2 Å². The summed E-state index contributed by atoms with van der Waals surface area (Å²) in [5.74, 6) is 1.05. The Bertz CT molecular complexity index is 501. The summed E-state index contributed by atoms with van der Waals surface area (Å²) in [5.41, 5.74) is 0. The molecule has 0 spiro atoms. The van der Waals surface area contributed by atoms with Gasteiger partial charge in [0.25, 0.3) is 0 Å². The van der Waals surface area contributed by atoms with Gasteiger partial charge in [-0.25, -0.2) is 0 Å². The standard InChI is InChI=1S/C15H23Cl2N3O3/c1-3-18-15(19-7-8-22-2)20-9-11(21)10-23-13-6-4-5-12(16)14(13)17/h4-6,11,21H,3,7-10H2,1-2H3,(H2,18,19,20). The Morgan fingerprint density at radius 1 is 1.35 bits per heavy atom. The number of nitrogens with one attached hydrogen (secondary N) is 2. The summed E-state index contributed by atoms with van der Waals surface area (Å²) in [5, 5.41) is 16.9. The molecule has 0 saturated heterocycles. The van der Waals surface area contributed by atoms with Crippen LogP contribution in [0.25, 0.3) is 0 Å². The molecule has 1 rings (SSSR count). The highest BCUT2D eigenvalue weighted by molar-refractivity contribution is 6.42. The van der Waals surface area contributed by atoms with E-state index < -0.39 is 6.10 Å². The van der Waals surface area contributed by atoms with Crippen molar-refractivity contribution in [3.63, 3.8) is 0 Å². The number of methoxy groups -OCH3 is 1. The van der Waals surface area contributed by atoms with Crippen LogP contribution in [0.2, 0.25) is 10.0 Å². The summed E-state index contributed by atoms with van der Waals surface area (Å²) >= 11 is 11.9. The van der Waals surface area contributed by atoms with Gasteiger partial charge in [0.2, 0.25) is 0 Å². The Kier molecular flexibility index (Phi) is 9.78. The molecule has 0 aromatic heterocycles. The lowest BCUT2D eigenvalue weighted by atomic mass is 10.3. The van der Waals surface area contributed by atoms with Crippen molar-refractivity contribution in [2.75, 3.05) is 40.0 Å². The van der Waals surface area contributed by atoms with Gasteiger partial charge in [-0.05, 0) is 19.1 Å². The predicted octanol–water partition coefficient (Wildman–Crippen LogP) is 1.93. The molecule has 6 nitrogen and oxygen atoms in total. The monoisotopic (exact) mass is 363 g/mol. The number of halogens is 2. The van der Waals surface area contributed by atoms with Crippen molar-refractivity contribution in [3.05, 3.63) is 28.2 Å². The first-order valence-corrected chi connectivity index (χ1v) is 8.10. The second-order valence-corrected chi connectivity index (χ2v) is 5.44. The van der Waals surface area contributed by atoms with Gasteiger partial charge < -0.3 is 25.2 Å². The Balaban J connectivity index is 2.45. The van der Waals surface area contributed by atoms with Crippen molar-refractivity contribution in [1.82, 2.24) is 10.6 Å². The quantitative estimate of drug-likeness (QED) is 0.355. The summed E-state index contributed by atoms with van der Waals surface area (Å²) in [6.07, 6.45) is -0.761. The number of aliphatic hydroxyl groups excluding tert-OH is 1. The Morgan fingerprint density at radius 3 is 2.83 bits per heavy atom. The smallest absolute Gasteiger partial charge is 0.191 e. The minimum atomic E-state index is -0.761. The van der Waals surface area contributed by atoms with E-state index in [4.69, 9.17) is 32.7 Å². The highest BCUT2D eigenvalue weighted by atomic mass is 35.5. The Morgan fingerprint density at radius 2 is 2.13 bits per heavy atom. The molecule has 0 amide bonds. The normalized spacial score (nSPS) is 12.8. The summed E-state index contributed by atoms with van der Waals surface area (Å²) in [7, 11) is 1.63. The lowest BCUT2D eigenvalue weighted by molar-refractivity contribution is 0.114. The van der Waals surface area contributed by atoms with Crippen molar-refractivity contribution >= 4 is 29.2 Å². The molecule has 0 radical (unpaired) electrons. The topological polar surface area (TPSA) is 75.1 Å². The zero-order chi connectivity index (χ0) is 17.1. The van der Waals surface area contributed by atoms with Crippen LogP contribution in [0.5, 0.6) is 5.75 Å². The second kappa shape index (κ2) is 11.3. The first kappa shape index (κ1) is 19.8. The summed E-state index contributed by atoms with van der Waals surface area (Å²) in [4.78, 5) is 4.29. The maximum absolute atomic E-state index is 9.97. The third-order valence-electron chi connectivity index (χ3n) is 2.75. The summed E-state index contributed by atoms with van der Waals surface area (Å²) < 4.78 is 10.4. The number of ether oxygens (including phenoxy) is 2. The Labute approximate surface area is 146 Å². The first-order valence-electron chi connectivity index (χ1n) is 7.34. The molecule has 23 heavy (non-hydrogen) atoms. The third kappa shape index (κ3) is 7.74. The number of nitrogens with zero attached hydrogens (tertiary/aromatic N) is 1. The fourth-order valence-electron chi connectivity index (χ4n) is 1.64. The van der Waals surface area contributed by atoms with Gasteiger partial charge in [0.1, 0.15) is 23.5 Å². The van der Waals surface area contributed by atoms with Crippen LogP contribution >= 0.6 is 23.2 Å². The highest BCUT2D eigenvalue weighted by Crippen LogP contribution is 2.31. The van der Waals surface area contributed by atoms with E-state index in [1.54, 1.807) is 25.3 Å². The number of aliphatic imine (C=N–C) groups is 1. The number of aliphatic hydroxyl groups is 1. The van der Waals surface area contributed by atoms with E-state index in [1.807, 2.05) is 6.92 Å². The number of hydrogen-bond acceptors (Lipinski definition) is 4. The number of guanidine groups is 1. The molecular weight excluding hydrogens is 341 g/mol. The zero-order valence-corrected chi connectivity index (χ0v) is 14.8. The van der Waals surface area contributed by atoms with Gasteiger partial charge >= 0.3 is 0 Å². The maximum atomic E-state index is 9.97. The van der Waals surface area contributed by atoms with Gasteiger partial charge in [-0.2, -0.15) is 0 Å². The fraction of sp³-hybridized carbons (Fsp3) is 0.533. The van der Waals surface area contributed by atoms with E-state index >= 15 is 0 Å². The van der Waals surface area contributed by atoms with Gasteiger partial charge in [0.15, 0.2) is 5.96 Å². The molecule has 1 unspecified atom stereocenters. The van der Waals surface area contributed by atoms with Crippen LogP contribution < -0.4 is 15.4 Å². The molecule has 8 heteroatoms. The molecule has 0 aliphatic rings. The molecule has 130 valence electrons. The van der Waals surface area contributed by atoms with Crippen LogP contribution in [0, 0.1) is 0 Å². The van der Waals surface area contributed by atoms with E-state index in [1.165, 1.54) is 0 Å². The molecule has 0 fully saturated rings. The van der Waals surface area contributed by atoms with Crippen molar-refractivity contribution < 1.29 is 14.6 Å². The summed E-state index contributed by atoms with van der Waals surface area (Å²) in [6.45, 7) is 4.16. The molecule has 1 atom stereocenters. The second-order valence-electron chi connectivity index (χ2n) is 4.66. The van der Waals surface area contributed by atoms with Crippen molar-refractivity contribution in [2.24, 2.45) is 4.99 Å². The van der Waals surface area contributed by atoms with Crippen LogP contribution in [0.1, 0.15) is 6.92 Å². The molecule has 0 heterocycles. The van der Waals surface area contributed by atoms with Gasteiger partial charge in [0, 0.05) is 20.2 Å². The van der Waals surface area contributed by atoms with Crippen LogP contribution in [0.15, 0.2) is 23.2 Å². The van der Waals surface area contributed by atoms with Crippen LogP contribution in [-0.4, -0.2) is 57.1 Å². The summed E-state index contributed by atoms with van der Waals surface area (Å²) in [6, 6.07) is 5.10. The predicted molar refractivity (Wildman–Crippen MR) is 93.8 cm³/mol. The average molecular weight is 364 g/mol. The van der Waals surface area contributed by atoms with Gasteiger partial charge in [-0.15, -0.1) is 0 Å². The van der Waals surface area contributed by atoms with E-state index in [2.05, 4.69) is 15.6 Å². The van der Waals surface area contributed by atoms with Gasteiger partial charge in [-0.3, -0.25) is 4.99 Å². The Hall–Kier alpha value is -1.21. The average Bonchev–Trinajstić information content (AvgIpc) is 2.54. The van der Waals surface area contributed by atoms with Crippen LogP contribution in [-0.2, 0) is 4.74 Å². The molecule has 0 aliphatic carbocycles. The number of hydrogen-bond donors (Lipinski definition) is 3. The maximum Gasteiger partial charge on any atom is 0.191 e. The van der Waals surface area contributed by atoms with Crippen LogP contribution in [0.4, 0.5) is 0 Å². The van der Waals surface area contributed by atoms with Crippen molar-refractivity contribution in [2.45, 2.75) is 13.0 Å². The zero-order valence-electron chi connectivity index (χ0n) is 13.3. The minimum Gasteiger partial charge on any atom is -0.489 e. The van der Waals surface area contributed by atoms with Crippen molar-refractivity contribution in [3.8, 4) is 5.75 Å². The van der Waals surface area contributed by atoms with E-state index in [0.29, 0.717) is 34.9 Å². The molecule has 0 bridgehead atoms. The van der Waals surface area contributed by atoms with E-state index in [-0.39, 0.29) is 13.2 Å². The van der Waals surface area contributed by atoms with Crippen LogP contribution in [0.3, 0.4) is 0 Å². The fourth-order valence-corrected chi connectivity index (χ4v) is 1.99. The lowest BCUT2D eigenvalue weighted by Crippen LogP contribution is -2.39. The number of benzene rings is 1. The highest BCUT2D eigenvalue weighted by Gasteiger charge is 2.09. The molecule has 1 aromatic carbocycles. The molecule has 0 saturated carbocycles. The molecular formula is C15H23Cl2N3O3. The lowest BCUT2D eigenvalue weighted by Gasteiger charge is -2.14. The van der Waals surface area contributed by atoms with Crippen molar-refractivity contribution in [1.29, 1.82) is 0 Å². The molecule has 1 aromatic rings. The first-order chi connectivity index (χ1) is 11.1. The van der Waals surface area contributed by atoms with Gasteiger partial charge in [-0.1, -0.05) is 29.3 Å². The largest absolute Gasteiger partial charge is 0.489 e. The minimum absolute atomic E-state index is 0.0705. The molecule has 3 N–H and O–H groups in total. The third-order valence-corrected chi connectivity index (χ3v) is 3.55. The SMILES string of the molecule is CCNC(=NCC(O)COc1cccc(Cl)c1Cl)NCCOC. The van der Waals surface area contributed by atoms with E-state index in [9.17, 15) is 5.11 Å². The van der Waals surface area contributed by atoms with E-state index in [0.717, 1.165) is 6.54 Å².